The van der Waals surface area contributed by atoms with Crippen LogP contribution >= 0.6 is 0 Å². The topological polar surface area (TPSA) is 100 Å². The minimum absolute atomic E-state index is 0.180. The molecule has 1 atom stereocenters. The number of nitrogens with zero attached hydrogens (tertiary/aromatic N) is 4. The van der Waals surface area contributed by atoms with Crippen LogP contribution in [0.2, 0.25) is 0 Å². The molecular weight excluding hydrogens is 590 g/mol. The summed E-state index contributed by atoms with van der Waals surface area (Å²) in [5, 5.41) is 13.3. The van der Waals surface area contributed by atoms with Crippen molar-refractivity contribution in [3.05, 3.63) is 138 Å². The van der Waals surface area contributed by atoms with Crippen molar-refractivity contribution in [1.82, 2.24) is 14.9 Å². The number of anilines is 2. The minimum Gasteiger partial charge on any atom is -0.478 e. The first-order valence-electron chi connectivity index (χ1n) is 15.8. The number of rotatable bonds is 13. The number of nitrogens with one attached hydrogen (secondary N) is 1. The van der Waals surface area contributed by atoms with Crippen LogP contribution in [0.4, 0.5) is 11.8 Å². The monoisotopic (exact) mass is 629 g/mol. The molecule has 2 N–H and O–H groups in total. The first-order valence-corrected chi connectivity index (χ1v) is 15.8. The van der Waals surface area contributed by atoms with Gasteiger partial charge in [-0.25, -0.2) is 4.79 Å². The van der Waals surface area contributed by atoms with E-state index < -0.39 is 11.6 Å². The molecule has 1 aromatic heterocycles. The molecule has 6 rings (SSSR count). The molecule has 0 aliphatic carbocycles. The van der Waals surface area contributed by atoms with Gasteiger partial charge in [0.05, 0.1) is 0 Å². The maximum atomic E-state index is 12.2. The maximum Gasteiger partial charge on any atom is 0.348 e. The number of hydrogen-bond donors (Lipinski definition) is 2. The number of hydrogen-bond acceptors (Lipinski definition) is 8. The lowest BCUT2D eigenvalue weighted by molar-refractivity contribution is -0.153. The van der Waals surface area contributed by atoms with Crippen molar-refractivity contribution in [1.29, 1.82) is 0 Å². The van der Waals surface area contributed by atoms with Gasteiger partial charge in [-0.3, -0.25) is 4.90 Å². The van der Waals surface area contributed by atoms with Crippen molar-refractivity contribution >= 4 is 17.7 Å². The second-order valence-corrected chi connectivity index (χ2v) is 11.8. The Morgan fingerprint density at radius 3 is 2.02 bits per heavy atom. The number of benzene rings is 4. The van der Waals surface area contributed by atoms with E-state index in [0.29, 0.717) is 29.9 Å². The van der Waals surface area contributed by atoms with E-state index in [9.17, 15) is 9.90 Å². The van der Waals surface area contributed by atoms with Gasteiger partial charge >= 0.3 is 5.97 Å². The predicted molar refractivity (Wildman–Crippen MR) is 183 cm³/mol. The molecule has 4 aromatic carbocycles. The summed E-state index contributed by atoms with van der Waals surface area (Å²) in [6.07, 6.45) is 0.180. The van der Waals surface area contributed by atoms with E-state index in [-0.39, 0.29) is 6.42 Å². The average molecular weight is 630 g/mol. The van der Waals surface area contributed by atoms with Crippen LogP contribution < -0.4 is 19.7 Å². The summed E-state index contributed by atoms with van der Waals surface area (Å²) in [7, 11) is 0. The molecule has 0 saturated carbocycles. The zero-order valence-electron chi connectivity index (χ0n) is 26.5. The van der Waals surface area contributed by atoms with Gasteiger partial charge in [-0.15, -0.1) is 0 Å². The fourth-order valence-electron chi connectivity index (χ4n) is 5.55. The Hall–Kier alpha value is -5.41. The van der Waals surface area contributed by atoms with Crippen LogP contribution in [-0.4, -0.2) is 57.7 Å². The van der Waals surface area contributed by atoms with E-state index in [1.54, 1.807) is 19.1 Å². The Morgan fingerprint density at radius 1 is 0.766 bits per heavy atom. The maximum absolute atomic E-state index is 12.2. The number of carboxylic acids is 1. The molecule has 5 aromatic rings. The summed E-state index contributed by atoms with van der Waals surface area (Å²) in [6.45, 7) is 6.61. The Kier molecular flexibility index (Phi) is 9.93. The van der Waals surface area contributed by atoms with Gasteiger partial charge in [0.25, 0.3) is 0 Å². The third-order valence-corrected chi connectivity index (χ3v) is 8.15. The molecule has 47 heavy (non-hydrogen) atoms. The zero-order chi connectivity index (χ0) is 32.5. The van der Waals surface area contributed by atoms with Crippen molar-refractivity contribution in [3.63, 3.8) is 0 Å². The third kappa shape index (κ3) is 8.65. The van der Waals surface area contributed by atoms with Gasteiger partial charge in [0.2, 0.25) is 17.4 Å². The van der Waals surface area contributed by atoms with Crippen LogP contribution in [0.25, 0.3) is 0 Å². The van der Waals surface area contributed by atoms with Crippen LogP contribution in [0.15, 0.2) is 121 Å². The number of carboxylic acid groups (broad SMARTS) is 1. The van der Waals surface area contributed by atoms with Crippen molar-refractivity contribution in [3.8, 4) is 17.4 Å². The summed E-state index contributed by atoms with van der Waals surface area (Å²) in [4.78, 5) is 26.5. The summed E-state index contributed by atoms with van der Waals surface area (Å²) < 4.78 is 12.2. The molecule has 2 heterocycles. The average Bonchev–Trinajstić information content (AvgIpc) is 3.10. The van der Waals surface area contributed by atoms with Crippen molar-refractivity contribution < 1.29 is 19.4 Å². The van der Waals surface area contributed by atoms with E-state index in [0.717, 1.165) is 49.7 Å². The first kappa shape index (κ1) is 31.6. The number of para-hydroxylation sites is 1. The van der Waals surface area contributed by atoms with Gasteiger partial charge in [-0.1, -0.05) is 91.0 Å². The second kappa shape index (κ2) is 14.8. The fraction of sp³-hybridized carbons (Fsp3) is 0.237. The van der Waals surface area contributed by atoms with Gasteiger partial charge in [-0.2, -0.15) is 9.97 Å². The van der Waals surface area contributed by atoms with Gasteiger partial charge in [0.1, 0.15) is 17.3 Å². The van der Waals surface area contributed by atoms with Crippen LogP contribution in [-0.2, 0) is 24.3 Å². The Labute approximate surface area is 275 Å². The number of carbonyl (C=O) groups is 1. The largest absolute Gasteiger partial charge is 0.478 e. The molecule has 1 saturated heterocycles. The van der Waals surface area contributed by atoms with E-state index in [4.69, 9.17) is 14.5 Å². The molecule has 0 spiro atoms. The highest BCUT2D eigenvalue weighted by Gasteiger charge is 2.36. The predicted octanol–water partition coefficient (Wildman–Crippen LogP) is 6.67. The summed E-state index contributed by atoms with van der Waals surface area (Å²) in [5.74, 6) is 1.77. The number of piperazine rings is 1. The van der Waals surface area contributed by atoms with Crippen molar-refractivity contribution in [2.45, 2.75) is 32.0 Å². The van der Waals surface area contributed by atoms with E-state index >= 15 is 0 Å². The van der Waals surface area contributed by atoms with Crippen molar-refractivity contribution in [2.24, 2.45) is 0 Å². The van der Waals surface area contributed by atoms with Crippen LogP contribution in [0, 0.1) is 0 Å². The number of ether oxygens (including phenoxy) is 2. The van der Waals surface area contributed by atoms with Gasteiger partial charge in [-0.05, 0) is 47.9 Å². The lowest BCUT2D eigenvalue weighted by Crippen LogP contribution is -2.46. The second-order valence-electron chi connectivity index (χ2n) is 11.8. The molecule has 9 nitrogen and oxygen atoms in total. The van der Waals surface area contributed by atoms with Gasteiger partial charge < -0.3 is 24.8 Å². The molecular formula is C38H39N5O4. The third-order valence-electron chi connectivity index (χ3n) is 8.15. The number of aromatic nitrogens is 2. The van der Waals surface area contributed by atoms with Crippen LogP contribution in [0.5, 0.6) is 17.4 Å². The summed E-state index contributed by atoms with van der Waals surface area (Å²) >= 11 is 0. The normalized spacial score (nSPS) is 14.6. The smallest absolute Gasteiger partial charge is 0.348 e. The highest BCUT2D eigenvalue weighted by molar-refractivity contribution is 5.78. The SMILES string of the molecule is CC(Cc1ccc(Oc2cc(N3CCN(Cc4ccccc4)CC3)nc(NCc3ccccc3)n2)cc1)(Oc1ccccc1)C(=O)O. The molecule has 9 heteroatoms. The number of aliphatic carboxylic acids is 1. The Bertz CT molecular complexity index is 1730. The Balaban J connectivity index is 1.16. The summed E-state index contributed by atoms with van der Waals surface area (Å²) in [5.41, 5.74) is 1.81. The van der Waals surface area contributed by atoms with Gasteiger partial charge in [0, 0.05) is 51.8 Å². The molecule has 1 unspecified atom stereocenters. The lowest BCUT2D eigenvalue weighted by Gasteiger charge is -2.35. The quantitative estimate of drug-likeness (QED) is 0.148. The molecule has 0 radical (unpaired) electrons. The highest BCUT2D eigenvalue weighted by atomic mass is 16.5. The molecule has 0 bridgehead atoms. The molecule has 1 fully saturated rings. The molecule has 1 aliphatic heterocycles. The van der Waals surface area contributed by atoms with Crippen molar-refractivity contribution in [2.75, 3.05) is 36.4 Å². The Morgan fingerprint density at radius 2 is 1.38 bits per heavy atom. The molecule has 1 aliphatic rings. The minimum atomic E-state index is -1.43. The highest BCUT2D eigenvalue weighted by Crippen LogP contribution is 2.28. The zero-order valence-corrected chi connectivity index (χ0v) is 26.5. The van der Waals surface area contributed by atoms with Crippen LogP contribution in [0.3, 0.4) is 0 Å². The van der Waals surface area contributed by atoms with Crippen LogP contribution in [0.1, 0.15) is 23.6 Å². The molecule has 240 valence electrons. The van der Waals surface area contributed by atoms with E-state index in [1.807, 2.05) is 72.8 Å². The summed E-state index contributed by atoms with van der Waals surface area (Å²) in [6, 6.07) is 38.9. The lowest BCUT2D eigenvalue weighted by atomic mass is 9.96. The van der Waals surface area contributed by atoms with E-state index in [2.05, 4.69) is 56.5 Å². The fourth-order valence-corrected chi connectivity index (χ4v) is 5.55. The van der Waals surface area contributed by atoms with E-state index in [1.165, 1.54) is 5.56 Å². The van der Waals surface area contributed by atoms with Gasteiger partial charge in [0.15, 0.2) is 0 Å². The first-order chi connectivity index (χ1) is 22.9. The standard InChI is InChI=1S/C38H39N5O4/c1-38(36(44)45,47-33-15-9-4-10-16-33)26-29-17-19-32(20-18-29)46-35-25-34(40-37(41-35)39-27-30-11-5-2-6-12-30)43-23-21-42(22-24-43)28-31-13-7-3-8-14-31/h2-20,25H,21-24,26-28H2,1H3,(H,44,45)(H,39,40,41). The molecule has 0 amide bonds.